The summed E-state index contributed by atoms with van der Waals surface area (Å²) >= 11 is 1.44. The third kappa shape index (κ3) is 3.13. The molecule has 1 aliphatic heterocycles. The summed E-state index contributed by atoms with van der Waals surface area (Å²) < 4.78 is 25.6. The van der Waals surface area contributed by atoms with Crippen LogP contribution in [0.2, 0.25) is 0 Å². The number of halogens is 3. The van der Waals surface area contributed by atoms with Gasteiger partial charge in [-0.2, -0.15) is 11.3 Å². The summed E-state index contributed by atoms with van der Waals surface area (Å²) in [7, 11) is 0. The Kier molecular flexibility index (Phi) is 4.23. The Labute approximate surface area is 102 Å². The SMILES string of the molecule is Cl.O=C(Nc1ccsc1)C1CC(F)(F)CN1. The smallest absolute Gasteiger partial charge is 0.262 e. The minimum Gasteiger partial charge on any atom is -0.324 e. The molecule has 1 fully saturated rings. The minimum absolute atomic E-state index is 0. The number of hydrogen-bond acceptors (Lipinski definition) is 3. The van der Waals surface area contributed by atoms with Gasteiger partial charge in [0.05, 0.1) is 18.3 Å². The van der Waals surface area contributed by atoms with Gasteiger partial charge in [0.25, 0.3) is 5.92 Å². The average molecular weight is 269 g/mol. The maximum atomic E-state index is 12.8. The van der Waals surface area contributed by atoms with Crippen molar-refractivity contribution in [3.05, 3.63) is 16.8 Å². The highest BCUT2D eigenvalue weighted by molar-refractivity contribution is 7.08. The minimum atomic E-state index is -2.77. The van der Waals surface area contributed by atoms with Gasteiger partial charge in [0.15, 0.2) is 0 Å². The van der Waals surface area contributed by atoms with E-state index in [1.165, 1.54) is 11.3 Å². The van der Waals surface area contributed by atoms with Gasteiger partial charge in [0, 0.05) is 11.8 Å². The molecule has 1 atom stereocenters. The van der Waals surface area contributed by atoms with Gasteiger partial charge in [-0.15, -0.1) is 12.4 Å². The zero-order valence-corrected chi connectivity index (χ0v) is 9.84. The van der Waals surface area contributed by atoms with E-state index in [4.69, 9.17) is 0 Å². The van der Waals surface area contributed by atoms with Crippen molar-refractivity contribution in [1.82, 2.24) is 5.32 Å². The van der Waals surface area contributed by atoms with E-state index in [1.807, 2.05) is 5.38 Å². The third-order valence-electron chi connectivity index (χ3n) is 2.22. The predicted octanol–water partition coefficient (Wildman–Crippen LogP) is 2.11. The number of thiophene rings is 1. The first-order valence-corrected chi connectivity index (χ1v) is 5.45. The van der Waals surface area contributed by atoms with Gasteiger partial charge in [-0.25, -0.2) is 8.78 Å². The standard InChI is InChI=1S/C9H10F2N2OS.ClH/c10-9(11)3-7(12-5-9)8(14)13-6-1-2-15-4-6;/h1-2,4,7,12H,3,5H2,(H,13,14);1H. The number of alkyl halides is 2. The summed E-state index contributed by atoms with van der Waals surface area (Å²) in [6.07, 6.45) is -0.428. The van der Waals surface area contributed by atoms with Gasteiger partial charge in [0.2, 0.25) is 5.91 Å². The summed E-state index contributed by atoms with van der Waals surface area (Å²) in [6, 6.07) is 0.940. The van der Waals surface area contributed by atoms with Crippen molar-refractivity contribution in [3.63, 3.8) is 0 Å². The second-order valence-corrected chi connectivity index (χ2v) is 4.27. The molecule has 16 heavy (non-hydrogen) atoms. The fourth-order valence-electron chi connectivity index (χ4n) is 1.47. The maximum absolute atomic E-state index is 12.8. The molecular weight excluding hydrogens is 258 g/mol. The van der Waals surface area contributed by atoms with E-state index in [0.29, 0.717) is 5.69 Å². The first kappa shape index (κ1) is 13.3. The van der Waals surface area contributed by atoms with Crippen LogP contribution in [0.5, 0.6) is 0 Å². The average Bonchev–Trinajstić information content (AvgIpc) is 2.74. The second-order valence-electron chi connectivity index (χ2n) is 3.49. The van der Waals surface area contributed by atoms with Crippen LogP contribution >= 0.6 is 23.7 Å². The van der Waals surface area contributed by atoms with E-state index in [1.54, 1.807) is 11.4 Å². The molecule has 1 unspecified atom stereocenters. The molecule has 0 saturated carbocycles. The number of nitrogens with one attached hydrogen (secondary N) is 2. The van der Waals surface area contributed by atoms with Crippen LogP contribution in [0.25, 0.3) is 0 Å². The van der Waals surface area contributed by atoms with E-state index in [2.05, 4.69) is 10.6 Å². The van der Waals surface area contributed by atoms with Crippen LogP contribution < -0.4 is 10.6 Å². The Bertz CT molecular complexity index is 358. The highest BCUT2D eigenvalue weighted by atomic mass is 35.5. The van der Waals surface area contributed by atoms with Crippen molar-refractivity contribution < 1.29 is 13.6 Å². The van der Waals surface area contributed by atoms with Crippen LogP contribution in [0.4, 0.5) is 14.5 Å². The van der Waals surface area contributed by atoms with Gasteiger partial charge in [-0.1, -0.05) is 0 Å². The molecule has 1 amide bonds. The van der Waals surface area contributed by atoms with Crippen LogP contribution in [0.15, 0.2) is 16.8 Å². The molecule has 1 saturated heterocycles. The second kappa shape index (κ2) is 5.07. The van der Waals surface area contributed by atoms with Crippen LogP contribution in [-0.2, 0) is 4.79 Å². The molecule has 2 heterocycles. The summed E-state index contributed by atoms with van der Waals surface area (Å²) in [5.74, 6) is -3.16. The highest BCUT2D eigenvalue weighted by Gasteiger charge is 2.42. The fourth-order valence-corrected chi connectivity index (χ4v) is 2.05. The monoisotopic (exact) mass is 268 g/mol. The number of anilines is 1. The van der Waals surface area contributed by atoms with Crippen LogP contribution in [0.1, 0.15) is 6.42 Å². The van der Waals surface area contributed by atoms with Crippen molar-refractivity contribution in [3.8, 4) is 0 Å². The molecule has 7 heteroatoms. The molecule has 0 aliphatic carbocycles. The fraction of sp³-hybridized carbons (Fsp3) is 0.444. The molecule has 1 aliphatic rings. The number of carbonyl (C=O) groups is 1. The Hall–Kier alpha value is -0.720. The van der Waals surface area contributed by atoms with E-state index in [-0.39, 0.29) is 12.4 Å². The highest BCUT2D eigenvalue weighted by Crippen LogP contribution is 2.25. The van der Waals surface area contributed by atoms with Crippen molar-refractivity contribution >= 4 is 35.3 Å². The molecule has 3 nitrogen and oxygen atoms in total. The summed E-state index contributed by atoms with van der Waals surface area (Å²) in [4.78, 5) is 11.5. The van der Waals surface area contributed by atoms with Gasteiger partial charge < -0.3 is 5.32 Å². The van der Waals surface area contributed by atoms with Gasteiger partial charge in [0.1, 0.15) is 0 Å². The topological polar surface area (TPSA) is 41.1 Å². The molecular formula is C9H11ClF2N2OS. The van der Waals surface area contributed by atoms with Crippen LogP contribution in [0, 0.1) is 0 Å². The molecule has 0 aromatic carbocycles. The zero-order chi connectivity index (χ0) is 10.9. The predicted molar refractivity (Wildman–Crippen MR) is 61.6 cm³/mol. The summed E-state index contributed by atoms with van der Waals surface area (Å²) in [5.41, 5.74) is 0.655. The van der Waals surface area contributed by atoms with Crippen molar-refractivity contribution in [2.75, 3.05) is 11.9 Å². The van der Waals surface area contributed by atoms with Crippen molar-refractivity contribution in [1.29, 1.82) is 0 Å². The van der Waals surface area contributed by atoms with E-state index >= 15 is 0 Å². The lowest BCUT2D eigenvalue weighted by molar-refractivity contribution is -0.118. The molecule has 2 rings (SSSR count). The van der Waals surface area contributed by atoms with Gasteiger partial charge in [-0.3, -0.25) is 10.1 Å². The molecule has 0 bridgehead atoms. The lowest BCUT2D eigenvalue weighted by Gasteiger charge is -2.09. The van der Waals surface area contributed by atoms with E-state index in [9.17, 15) is 13.6 Å². The summed E-state index contributed by atoms with van der Waals surface area (Å²) in [6.45, 7) is -0.422. The first-order chi connectivity index (χ1) is 7.07. The number of rotatable bonds is 2. The normalized spacial score (nSPS) is 22.5. The Balaban J connectivity index is 0.00000128. The van der Waals surface area contributed by atoms with Crippen LogP contribution in [0.3, 0.4) is 0 Å². The molecule has 2 N–H and O–H groups in total. The largest absolute Gasteiger partial charge is 0.324 e. The number of carbonyl (C=O) groups excluding carboxylic acids is 1. The van der Waals surface area contributed by atoms with Crippen LogP contribution in [-0.4, -0.2) is 24.4 Å². The molecule has 1 aromatic heterocycles. The zero-order valence-electron chi connectivity index (χ0n) is 8.20. The quantitative estimate of drug-likeness (QED) is 0.863. The van der Waals surface area contributed by atoms with E-state index < -0.39 is 30.8 Å². The van der Waals surface area contributed by atoms with Crippen molar-refractivity contribution in [2.24, 2.45) is 0 Å². The Morgan fingerprint density at radius 2 is 2.38 bits per heavy atom. The maximum Gasteiger partial charge on any atom is 0.262 e. The van der Waals surface area contributed by atoms with Gasteiger partial charge >= 0.3 is 0 Å². The first-order valence-electron chi connectivity index (χ1n) is 4.51. The van der Waals surface area contributed by atoms with Gasteiger partial charge in [-0.05, 0) is 11.4 Å². The summed E-state index contributed by atoms with van der Waals surface area (Å²) in [5, 5.41) is 8.64. The molecule has 0 spiro atoms. The molecule has 90 valence electrons. The third-order valence-corrected chi connectivity index (χ3v) is 2.90. The lowest BCUT2D eigenvalue weighted by Crippen LogP contribution is -2.35. The van der Waals surface area contributed by atoms with Crippen molar-refractivity contribution in [2.45, 2.75) is 18.4 Å². The Morgan fingerprint density at radius 3 is 2.88 bits per heavy atom. The number of hydrogen-bond donors (Lipinski definition) is 2. The number of amides is 1. The molecule has 1 aromatic rings. The molecule has 0 radical (unpaired) electrons. The van der Waals surface area contributed by atoms with E-state index in [0.717, 1.165) is 0 Å². The lowest BCUT2D eigenvalue weighted by atomic mass is 10.2. The Morgan fingerprint density at radius 1 is 1.62 bits per heavy atom.